The topological polar surface area (TPSA) is 75.4 Å². The monoisotopic (exact) mass is 435 g/mol. The fourth-order valence-electron chi connectivity index (χ4n) is 3.39. The van der Waals surface area contributed by atoms with E-state index in [2.05, 4.69) is 5.32 Å². The molecule has 1 heterocycles. The lowest BCUT2D eigenvalue weighted by Gasteiger charge is -2.18. The highest BCUT2D eigenvalue weighted by Gasteiger charge is 2.27. The second kappa shape index (κ2) is 11.2. The Morgan fingerprint density at radius 1 is 1.07 bits per heavy atom. The molecule has 0 saturated carbocycles. The van der Waals surface area contributed by atoms with Gasteiger partial charge in [-0.1, -0.05) is 42.6 Å². The van der Waals surface area contributed by atoms with Crippen LogP contribution >= 0.6 is 24.0 Å². The maximum Gasteiger partial charge on any atom is 0.231 e. The van der Waals surface area contributed by atoms with Crippen LogP contribution in [0.2, 0.25) is 5.02 Å². The number of hydrogen-bond donors (Lipinski definition) is 2. The third-order valence-electron chi connectivity index (χ3n) is 4.92. The normalized spacial score (nSPS) is 12.5. The molecular weight excluding hydrogens is 409 g/mol. The van der Waals surface area contributed by atoms with Crippen molar-refractivity contribution in [2.75, 3.05) is 16.8 Å². The maximum absolute atomic E-state index is 12.3. The minimum atomic E-state index is 0. The third-order valence-corrected chi connectivity index (χ3v) is 5.15. The van der Waals surface area contributed by atoms with Crippen molar-refractivity contribution in [1.29, 1.82) is 0 Å². The van der Waals surface area contributed by atoms with Gasteiger partial charge >= 0.3 is 0 Å². The van der Waals surface area contributed by atoms with Gasteiger partial charge in [0.25, 0.3) is 0 Å². The van der Waals surface area contributed by atoms with Crippen molar-refractivity contribution in [2.24, 2.45) is 5.73 Å². The number of carbonyl (C=O) groups excluding carboxylic acids is 2. The largest absolute Gasteiger partial charge is 0.330 e. The number of fused-ring (bicyclic) bond motifs is 1. The van der Waals surface area contributed by atoms with Gasteiger partial charge in [-0.2, -0.15) is 0 Å². The molecule has 2 aromatic carbocycles. The SMILES string of the molecule is Cl.NCCCCCCC(=O)Nc1ccc(CN2C(=O)Cc3ccc(Cl)cc32)cc1. The van der Waals surface area contributed by atoms with E-state index in [1.165, 1.54) is 0 Å². The van der Waals surface area contributed by atoms with Gasteiger partial charge in [-0.05, 0) is 54.8 Å². The van der Waals surface area contributed by atoms with Crippen LogP contribution in [0.1, 0.15) is 43.2 Å². The molecule has 2 amide bonds. The predicted octanol–water partition coefficient (Wildman–Crippen LogP) is 4.70. The average molecular weight is 436 g/mol. The van der Waals surface area contributed by atoms with E-state index in [9.17, 15) is 9.59 Å². The van der Waals surface area contributed by atoms with Crippen LogP contribution in [0.5, 0.6) is 0 Å². The molecular formula is C22H27Cl2N3O2. The molecule has 0 unspecified atom stereocenters. The molecule has 0 atom stereocenters. The van der Waals surface area contributed by atoms with Crippen LogP contribution in [0.3, 0.4) is 0 Å². The van der Waals surface area contributed by atoms with Gasteiger partial charge < -0.3 is 16.0 Å². The van der Waals surface area contributed by atoms with E-state index in [4.69, 9.17) is 17.3 Å². The van der Waals surface area contributed by atoms with Crippen molar-refractivity contribution in [2.45, 2.75) is 45.1 Å². The van der Waals surface area contributed by atoms with Gasteiger partial charge in [0.15, 0.2) is 0 Å². The molecule has 0 aromatic heterocycles. The lowest BCUT2D eigenvalue weighted by molar-refractivity contribution is -0.117. The quantitative estimate of drug-likeness (QED) is 0.560. The molecule has 0 fully saturated rings. The molecule has 3 rings (SSSR count). The number of anilines is 2. The van der Waals surface area contributed by atoms with Crippen molar-refractivity contribution < 1.29 is 9.59 Å². The molecule has 5 nitrogen and oxygen atoms in total. The highest BCUT2D eigenvalue weighted by atomic mass is 35.5. The fraction of sp³-hybridized carbons (Fsp3) is 0.364. The number of rotatable bonds is 9. The Labute approximate surface area is 183 Å². The van der Waals surface area contributed by atoms with Crippen LogP contribution in [0.4, 0.5) is 11.4 Å². The van der Waals surface area contributed by atoms with Crippen molar-refractivity contribution in [1.82, 2.24) is 0 Å². The van der Waals surface area contributed by atoms with Crippen LogP contribution in [-0.2, 0) is 22.6 Å². The van der Waals surface area contributed by atoms with E-state index in [-0.39, 0.29) is 24.2 Å². The molecule has 3 N–H and O–H groups in total. The van der Waals surface area contributed by atoms with E-state index in [1.54, 1.807) is 4.90 Å². The molecule has 0 aliphatic carbocycles. The van der Waals surface area contributed by atoms with E-state index < -0.39 is 0 Å². The molecule has 0 spiro atoms. The molecule has 0 radical (unpaired) electrons. The summed E-state index contributed by atoms with van der Waals surface area (Å²) in [7, 11) is 0. The van der Waals surface area contributed by atoms with E-state index in [1.807, 2.05) is 42.5 Å². The predicted molar refractivity (Wildman–Crippen MR) is 121 cm³/mol. The molecule has 156 valence electrons. The molecule has 0 bridgehead atoms. The van der Waals surface area contributed by atoms with Gasteiger partial charge in [0.05, 0.1) is 13.0 Å². The minimum absolute atomic E-state index is 0. The summed E-state index contributed by atoms with van der Waals surface area (Å²) in [5.41, 5.74) is 9.12. The van der Waals surface area contributed by atoms with E-state index in [0.717, 1.165) is 48.2 Å². The summed E-state index contributed by atoms with van der Waals surface area (Å²) in [6.07, 6.45) is 4.92. The number of amides is 2. The zero-order valence-electron chi connectivity index (χ0n) is 16.3. The van der Waals surface area contributed by atoms with Crippen molar-refractivity contribution in [3.05, 3.63) is 58.6 Å². The summed E-state index contributed by atoms with van der Waals surface area (Å²) in [4.78, 5) is 26.1. The summed E-state index contributed by atoms with van der Waals surface area (Å²) in [6, 6.07) is 13.2. The molecule has 1 aliphatic rings. The van der Waals surface area contributed by atoms with Crippen molar-refractivity contribution in [3.8, 4) is 0 Å². The Bertz CT molecular complexity index is 840. The van der Waals surface area contributed by atoms with Gasteiger partial charge in [0, 0.05) is 22.8 Å². The Balaban J connectivity index is 0.00000300. The van der Waals surface area contributed by atoms with Crippen LogP contribution in [0, 0.1) is 0 Å². The summed E-state index contributed by atoms with van der Waals surface area (Å²) in [6.45, 7) is 1.20. The number of unbranched alkanes of at least 4 members (excludes halogenated alkanes) is 3. The average Bonchev–Trinajstić information content (AvgIpc) is 2.98. The van der Waals surface area contributed by atoms with E-state index in [0.29, 0.717) is 31.0 Å². The summed E-state index contributed by atoms with van der Waals surface area (Å²) >= 11 is 6.09. The highest BCUT2D eigenvalue weighted by molar-refractivity contribution is 6.31. The van der Waals surface area contributed by atoms with Gasteiger partial charge in [0.2, 0.25) is 11.8 Å². The Hall–Kier alpha value is -2.08. The van der Waals surface area contributed by atoms with Crippen molar-refractivity contribution >= 4 is 47.2 Å². The summed E-state index contributed by atoms with van der Waals surface area (Å²) in [5.74, 6) is 0.100. The highest BCUT2D eigenvalue weighted by Crippen LogP contribution is 2.32. The first-order valence-corrected chi connectivity index (χ1v) is 10.1. The van der Waals surface area contributed by atoms with Crippen LogP contribution in [0.15, 0.2) is 42.5 Å². The van der Waals surface area contributed by atoms with E-state index >= 15 is 0 Å². The first kappa shape index (κ1) is 23.2. The number of nitrogens with two attached hydrogens (primary N) is 1. The zero-order chi connectivity index (χ0) is 19.9. The van der Waals surface area contributed by atoms with Gasteiger partial charge in [-0.15, -0.1) is 12.4 Å². The lowest BCUT2D eigenvalue weighted by Crippen LogP contribution is -2.26. The first-order valence-electron chi connectivity index (χ1n) is 9.74. The number of nitrogens with one attached hydrogen (secondary N) is 1. The molecule has 29 heavy (non-hydrogen) atoms. The number of benzene rings is 2. The standard InChI is InChI=1S/C22H26ClN3O2.ClH/c23-18-9-8-17-13-22(28)26(20(17)14-18)15-16-6-10-19(11-7-16)25-21(27)5-3-1-2-4-12-24;/h6-11,14H,1-5,12-13,15,24H2,(H,25,27);1H. The Morgan fingerprint density at radius 3 is 2.52 bits per heavy atom. The second-order valence-corrected chi connectivity index (χ2v) is 7.56. The Kier molecular flexibility index (Phi) is 8.96. The summed E-state index contributed by atoms with van der Waals surface area (Å²) < 4.78 is 0. The molecule has 0 saturated heterocycles. The number of nitrogens with zero attached hydrogens (tertiary/aromatic N) is 1. The van der Waals surface area contributed by atoms with Crippen molar-refractivity contribution in [3.63, 3.8) is 0 Å². The van der Waals surface area contributed by atoms with Crippen LogP contribution in [0.25, 0.3) is 0 Å². The fourth-order valence-corrected chi connectivity index (χ4v) is 3.55. The van der Waals surface area contributed by atoms with Gasteiger partial charge in [0.1, 0.15) is 0 Å². The number of halogens is 2. The molecule has 1 aliphatic heterocycles. The first-order chi connectivity index (χ1) is 13.6. The number of hydrogen-bond acceptors (Lipinski definition) is 3. The minimum Gasteiger partial charge on any atom is -0.330 e. The smallest absolute Gasteiger partial charge is 0.231 e. The molecule has 7 heteroatoms. The molecule has 2 aromatic rings. The lowest BCUT2D eigenvalue weighted by atomic mass is 10.1. The number of carbonyl (C=O) groups is 2. The maximum atomic E-state index is 12.3. The Morgan fingerprint density at radius 2 is 1.79 bits per heavy atom. The zero-order valence-corrected chi connectivity index (χ0v) is 17.9. The van der Waals surface area contributed by atoms with Crippen LogP contribution < -0.4 is 16.0 Å². The summed E-state index contributed by atoms with van der Waals surface area (Å²) in [5, 5.41) is 3.55. The second-order valence-electron chi connectivity index (χ2n) is 7.13. The van der Waals surface area contributed by atoms with Gasteiger partial charge in [-0.3, -0.25) is 9.59 Å². The third kappa shape index (κ3) is 6.46. The van der Waals surface area contributed by atoms with Crippen LogP contribution in [-0.4, -0.2) is 18.4 Å². The van der Waals surface area contributed by atoms with Gasteiger partial charge in [-0.25, -0.2) is 0 Å².